The predicted octanol–water partition coefficient (Wildman–Crippen LogP) is 10.6. The van der Waals surface area contributed by atoms with Gasteiger partial charge in [0.15, 0.2) is 17.5 Å². The topological polar surface area (TPSA) is 65.0 Å². The van der Waals surface area contributed by atoms with E-state index in [0.717, 1.165) is 77.3 Å². The number of nitrogens with zero attached hydrogens (tertiary/aromatic N) is 3. The molecular weight excluding hydrogens is 554 g/mol. The second-order valence-corrected chi connectivity index (χ2v) is 11.3. The zero-order valence-electron chi connectivity index (χ0n) is 24.4. The Kier molecular flexibility index (Phi) is 5.65. The van der Waals surface area contributed by atoms with Gasteiger partial charge >= 0.3 is 0 Å². The maximum absolute atomic E-state index is 6.43. The number of aromatic nitrogens is 3. The Morgan fingerprint density at radius 2 is 1.09 bits per heavy atom. The number of hydrogen-bond acceptors (Lipinski definition) is 5. The van der Waals surface area contributed by atoms with Crippen LogP contribution in [-0.2, 0) is 0 Å². The van der Waals surface area contributed by atoms with Crippen molar-refractivity contribution in [3.05, 3.63) is 139 Å². The average molecular weight is 580 g/mol. The maximum atomic E-state index is 6.43. The van der Waals surface area contributed by atoms with Crippen molar-refractivity contribution in [3.8, 4) is 45.3 Å². The fourth-order valence-corrected chi connectivity index (χ4v) is 6.25. The second-order valence-electron chi connectivity index (χ2n) is 11.3. The fraction of sp³-hybridized carbons (Fsp3) is 0.0250. The van der Waals surface area contributed by atoms with E-state index in [2.05, 4.69) is 73.7 Å². The van der Waals surface area contributed by atoms with Crippen molar-refractivity contribution in [2.45, 2.75) is 6.92 Å². The summed E-state index contributed by atoms with van der Waals surface area (Å²) in [5.74, 6) is 1.71. The number of furan rings is 2. The van der Waals surface area contributed by atoms with Crippen molar-refractivity contribution in [1.82, 2.24) is 15.0 Å². The highest BCUT2D eigenvalue weighted by molar-refractivity contribution is 6.13. The van der Waals surface area contributed by atoms with Gasteiger partial charge in [0.05, 0.1) is 5.56 Å². The number of para-hydroxylation sites is 1. The van der Waals surface area contributed by atoms with Crippen LogP contribution in [0.4, 0.5) is 0 Å². The predicted molar refractivity (Wildman–Crippen MR) is 181 cm³/mol. The number of hydrogen-bond donors (Lipinski definition) is 0. The van der Waals surface area contributed by atoms with Gasteiger partial charge in [-0.1, -0.05) is 103 Å². The molecule has 0 aliphatic carbocycles. The molecule has 0 unspecified atom stereocenters. The molecule has 0 radical (unpaired) electrons. The lowest BCUT2D eigenvalue weighted by Crippen LogP contribution is -2.00. The molecule has 0 saturated heterocycles. The van der Waals surface area contributed by atoms with Crippen molar-refractivity contribution in [2.24, 2.45) is 0 Å². The molecule has 0 spiro atoms. The molecule has 3 aromatic heterocycles. The molecule has 0 bridgehead atoms. The SMILES string of the molecule is Cc1ccc2c(c1)oc1c(-c3nc(-c4ccccc4)nc(-c4ccc5c(c4)oc4cccc(-c6ccccc6)c45)n3)cccc12. The molecule has 0 aliphatic heterocycles. The van der Waals surface area contributed by atoms with Crippen LogP contribution >= 0.6 is 0 Å². The molecule has 0 fully saturated rings. The molecule has 9 aromatic rings. The molecule has 0 aliphatic rings. The number of fused-ring (bicyclic) bond motifs is 6. The lowest BCUT2D eigenvalue weighted by atomic mass is 9.99. The maximum Gasteiger partial charge on any atom is 0.167 e. The Morgan fingerprint density at radius 3 is 1.91 bits per heavy atom. The molecule has 0 saturated carbocycles. The Balaban J connectivity index is 1.25. The normalized spacial score (nSPS) is 11.7. The summed E-state index contributed by atoms with van der Waals surface area (Å²) < 4.78 is 12.9. The summed E-state index contributed by atoms with van der Waals surface area (Å²) in [4.78, 5) is 15.0. The summed E-state index contributed by atoms with van der Waals surface area (Å²) in [6.45, 7) is 2.07. The van der Waals surface area contributed by atoms with E-state index < -0.39 is 0 Å². The fourth-order valence-electron chi connectivity index (χ4n) is 6.25. The minimum Gasteiger partial charge on any atom is -0.456 e. The van der Waals surface area contributed by atoms with Crippen molar-refractivity contribution in [3.63, 3.8) is 0 Å². The first-order valence-corrected chi connectivity index (χ1v) is 14.9. The van der Waals surface area contributed by atoms with E-state index in [9.17, 15) is 0 Å². The van der Waals surface area contributed by atoms with Gasteiger partial charge < -0.3 is 8.83 Å². The Morgan fingerprint density at radius 1 is 0.422 bits per heavy atom. The quantitative estimate of drug-likeness (QED) is 0.207. The largest absolute Gasteiger partial charge is 0.456 e. The lowest BCUT2D eigenvalue weighted by Gasteiger charge is -2.09. The number of rotatable bonds is 4. The Bertz CT molecular complexity index is 2550. The summed E-state index contributed by atoms with van der Waals surface area (Å²) in [5.41, 5.74) is 9.24. The number of aryl methyl sites for hydroxylation is 1. The van der Waals surface area contributed by atoms with Crippen LogP contribution < -0.4 is 0 Å². The Hall–Kier alpha value is -6.07. The zero-order chi connectivity index (χ0) is 29.9. The Labute approximate surface area is 258 Å². The van der Waals surface area contributed by atoms with Gasteiger partial charge in [-0.2, -0.15) is 0 Å². The highest BCUT2D eigenvalue weighted by Crippen LogP contribution is 2.39. The molecule has 212 valence electrons. The summed E-state index contributed by atoms with van der Waals surface area (Å²) in [6.07, 6.45) is 0. The smallest absolute Gasteiger partial charge is 0.167 e. The molecule has 0 atom stereocenters. The van der Waals surface area contributed by atoms with Crippen LogP contribution in [0.2, 0.25) is 0 Å². The monoisotopic (exact) mass is 579 g/mol. The third-order valence-electron chi connectivity index (χ3n) is 8.40. The van der Waals surface area contributed by atoms with Crippen LogP contribution in [0, 0.1) is 6.92 Å². The van der Waals surface area contributed by atoms with Gasteiger partial charge in [0.25, 0.3) is 0 Å². The molecule has 45 heavy (non-hydrogen) atoms. The van der Waals surface area contributed by atoms with Crippen molar-refractivity contribution < 1.29 is 8.83 Å². The summed E-state index contributed by atoms with van der Waals surface area (Å²) in [7, 11) is 0. The van der Waals surface area contributed by atoms with Gasteiger partial charge in [-0.25, -0.2) is 15.0 Å². The van der Waals surface area contributed by atoms with Crippen LogP contribution in [0.3, 0.4) is 0 Å². The first-order valence-electron chi connectivity index (χ1n) is 14.9. The van der Waals surface area contributed by atoms with E-state index in [1.807, 2.05) is 66.7 Å². The van der Waals surface area contributed by atoms with E-state index in [1.165, 1.54) is 0 Å². The minimum absolute atomic E-state index is 0.552. The molecule has 9 rings (SSSR count). The standard InChI is InChI=1S/C40H25N3O2/c1-24-18-20-29-30-15-8-16-32(37(30)45-34(29)22-24)40-42-38(26-12-6-3-7-13-26)41-39(43-40)27-19-21-31-35(23-27)44-33-17-9-14-28(36(31)33)25-10-4-2-5-11-25/h2-23H,1H3. The van der Waals surface area contributed by atoms with E-state index >= 15 is 0 Å². The molecule has 5 heteroatoms. The average Bonchev–Trinajstić information content (AvgIpc) is 3.66. The minimum atomic E-state index is 0.552. The summed E-state index contributed by atoms with van der Waals surface area (Å²) in [5, 5.41) is 4.25. The molecular formula is C40H25N3O2. The molecule has 0 N–H and O–H groups in total. The summed E-state index contributed by atoms with van der Waals surface area (Å²) in [6, 6.07) is 45.2. The second kappa shape index (κ2) is 10.00. The first-order chi connectivity index (χ1) is 22.2. The lowest BCUT2D eigenvalue weighted by molar-refractivity contribution is 0.668. The number of benzene rings is 6. The van der Waals surface area contributed by atoms with E-state index in [1.54, 1.807) is 0 Å². The van der Waals surface area contributed by atoms with Crippen LogP contribution in [0.15, 0.2) is 142 Å². The third-order valence-corrected chi connectivity index (χ3v) is 8.40. The van der Waals surface area contributed by atoms with Gasteiger partial charge in [-0.3, -0.25) is 0 Å². The zero-order valence-corrected chi connectivity index (χ0v) is 24.4. The van der Waals surface area contributed by atoms with Gasteiger partial charge in [0.2, 0.25) is 0 Å². The van der Waals surface area contributed by atoms with Crippen molar-refractivity contribution in [2.75, 3.05) is 0 Å². The van der Waals surface area contributed by atoms with Gasteiger partial charge in [-0.05, 0) is 53.9 Å². The van der Waals surface area contributed by atoms with E-state index in [4.69, 9.17) is 23.8 Å². The van der Waals surface area contributed by atoms with E-state index in [-0.39, 0.29) is 0 Å². The molecule has 3 heterocycles. The first kappa shape index (κ1) is 25.4. The van der Waals surface area contributed by atoms with Crippen molar-refractivity contribution in [1.29, 1.82) is 0 Å². The highest BCUT2D eigenvalue weighted by atomic mass is 16.3. The van der Waals surface area contributed by atoms with Crippen LogP contribution in [0.5, 0.6) is 0 Å². The molecule has 6 aromatic carbocycles. The van der Waals surface area contributed by atoms with Gasteiger partial charge in [0, 0.05) is 32.7 Å². The van der Waals surface area contributed by atoms with Crippen molar-refractivity contribution >= 4 is 43.9 Å². The van der Waals surface area contributed by atoms with Crippen LogP contribution in [-0.4, -0.2) is 15.0 Å². The van der Waals surface area contributed by atoms with Gasteiger partial charge in [0.1, 0.15) is 22.3 Å². The summed E-state index contributed by atoms with van der Waals surface area (Å²) >= 11 is 0. The molecule has 0 amide bonds. The third kappa shape index (κ3) is 4.20. The van der Waals surface area contributed by atoms with E-state index in [0.29, 0.717) is 17.5 Å². The molecule has 5 nitrogen and oxygen atoms in total. The highest BCUT2D eigenvalue weighted by Gasteiger charge is 2.19. The van der Waals surface area contributed by atoms with Crippen LogP contribution in [0.25, 0.3) is 89.2 Å². The van der Waals surface area contributed by atoms with Gasteiger partial charge in [-0.15, -0.1) is 0 Å². The van der Waals surface area contributed by atoms with Crippen LogP contribution in [0.1, 0.15) is 5.56 Å².